The van der Waals surface area contributed by atoms with Crippen LogP contribution in [-0.4, -0.2) is 39.7 Å². The predicted octanol–water partition coefficient (Wildman–Crippen LogP) is 4.38. The standard InChI is InChI=1S/C25H25F2N5O/c1-15(2)16-7-8-23(21(27)10-16)32-24(17-5-6-18(13-28)20(26)11-17)12-22(30-32)25(33)31-9-3-4-19(29)14-31/h5-8,10-12,15,19H,3-4,9,14,29H2,1-2H3/t19-/m1/s1. The molecule has 1 aliphatic heterocycles. The van der Waals surface area contributed by atoms with Crippen LogP contribution in [0.15, 0.2) is 42.5 Å². The fraction of sp³-hybridized carbons (Fsp3) is 0.320. The van der Waals surface area contributed by atoms with Crippen LogP contribution in [0.1, 0.15) is 54.2 Å². The van der Waals surface area contributed by atoms with Gasteiger partial charge in [-0.1, -0.05) is 26.0 Å². The molecule has 0 radical (unpaired) electrons. The Morgan fingerprint density at radius 2 is 1.97 bits per heavy atom. The van der Waals surface area contributed by atoms with Crippen molar-refractivity contribution >= 4 is 5.91 Å². The van der Waals surface area contributed by atoms with Crippen molar-refractivity contribution in [3.05, 3.63) is 70.9 Å². The molecular weight excluding hydrogens is 424 g/mol. The lowest BCUT2D eigenvalue weighted by Crippen LogP contribution is -2.45. The molecule has 1 fully saturated rings. The summed E-state index contributed by atoms with van der Waals surface area (Å²) in [4.78, 5) is 14.8. The number of halogens is 2. The van der Waals surface area contributed by atoms with Gasteiger partial charge in [0.25, 0.3) is 5.91 Å². The van der Waals surface area contributed by atoms with E-state index in [0.29, 0.717) is 24.3 Å². The highest BCUT2D eigenvalue weighted by Gasteiger charge is 2.26. The molecule has 1 amide bonds. The van der Waals surface area contributed by atoms with Gasteiger partial charge in [0.15, 0.2) is 5.69 Å². The molecular formula is C25H25F2N5O. The highest BCUT2D eigenvalue weighted by atomic mass is 19.1. The number of hydrogen-bond acceptors (Lipinski definition) is 4. The summed E-state index contributed by atoms with van der Waals surface area (Å²) in [5.74, 6) is -1.37. The fourth-order valence-corrected chi connectivity index (χ4v) is 4.05. The topological polar surface area (TPSA) is 87.9 Å². The number of carbonyl (C=O) groups excluding carboxylic acids is 1. The summed E-state index contributed by atoms with van der Waals surface area (Å²) in [7, 11) is 0. The van der Waals surface area contributed by atoms with E-state index in [2.05, 4.69) is 5.10 Å². The number of piperidine rings is 1. The van der Waals surface area contributed by atoms with E-state index in [0.717, 1.165) is 18.4 Å². The monoisotopic (exact) mass is 449 g/mol. The molecule has 1 aromatic heterocycles. The number of nitriles is 1. The summed E-state index contributed by atoms with van der Waals surface area (Å²) in [6.45, 7) is 4.92. The highest BCUT2D eigenvalue weighted by molar-refractivity contribution is 5.93. The van der Waals surface area contributed by atoms with Crippen LogP contribution in [-0.2, 0) is 0 Å². The van der Waals surface area contributed by atoms with E-state index in [9.17, 15) is 9.18 Å². The second-order valence-electron chi connectivity index (χ2n) is 8.65. The SMILES string of the molecule is CC(C)c1ccc(-n2nc(C(=O)N3CCC[C@@H](N)C3)cc2-c2ccc(C#N)c(F)c2)c(F)c1. The summed E-state index contributed by atoms with van der Waals surface area (Å²) in [6, 6.07) is 12.2. The van der Waals surface area contributed by atoms with Gasteiger partial charge >= 0.3 is 0 Å². The molecule has 0 unspecified atom stereocenters. The van der Waals surface area contributed by atoms with Gasteiger partial charge in [-0.05, 0) is 54.7 Å². The normalized spacial score (nSPS) is 16.2. The van der Waals surface area contributed by atoms with Gasteiger partial charge in [-0.15, -0.1) is 0 Å². The second-order valence-corrected chi connectivity index (χ2v) is 8.65. The third kappa shape index (κ3) is 4.50. The van der Waals surface area contributed by atoms with Gasteiger partial charge in [-0.3, -0.25) is 4.79 Å². The Labute approximate surface area is 191 Å². The summed E-state index contributed by atoms with van der Waals surface area (Å²) in [5, 5.41) is 13.5. The van der Waals surface area contributed by atoms with Crippen molar-refractivity contribution in [1.29, 1.82) is 5.26 Å². The van der Waals surface area contributed by atoms with Crippen molar-refractivity contribution in [3.8, 4) is 23.0 Å². The van der Waals surface area contributed by atoms with Gasteiger partial charge in [0, 0.05) is 24.7 Å². The fourth-order valence-electron chi connectivity index (χ4n) is 4.05. The number of nitrogens with two attached hydrogens (primary N) is 1. The van der Waals surface area contributed by atoms with Gasteiger partial charge in [-0.25, -0.2) is 13.5 Å². The average molecular weight is 450 g/mol. The summed E-state index contributed by atoms with van der Waals surface area (Å²) >= 11 is 0. The van der Waals surface area contributed by atoms with E-state index in [1.54, 1.807) is 29.2 Å². The van der Waals surface area contributed by atoms with E-state index in [-0.39, 0.29) is 34.8 Å². The third-order valence-corrected chi connectivity index (χ3v) is 5.93. The van der Waals surface area contributed by atoms with Crippen molar-refractivity contribution in [3.63, 3.8) is 0 Å². The molecule has 0 saturated carbocycles. The maximum Gasteiger partial charge on any atom is 0.274 e. The number of carbonyl (C=O) groups is 1. The Hall–Kier alpha value is -3.57. The predicted molar refractivity (Wildman–Crippen MR) is 121 cm³/mol. The van der Waals surface area contributed by atoms with Gasteiger partial charge in [-0.2, -0.15) is 10.4 Å². The molecule has 2 aromatic carbocycles. The zero-order chi connectivity index (χ0) is 23.7. The molecule has 0 bridgehead atoms. The summed E-state index contributed by atoms with van der Waals surface area (Å²) in [5.41, 5.74) is 7.74. The number of hydrogen-bond donors (Lipinski definition) is 1. The van der Waals surface area contributed by atoms with Crippen LogP contribution >= 0.6 is 0 Å². The molecule has 170 valence electrons. The molecule has 0 aliphatic carbocycles. The lowest BCUT2D eigenvalue weighted by Gasteiger charge is -2.30. The Bertz CT molecular complexity index is 1240. The van der Waals surface area contributed by atoms with Crippen LogP contribution < -0.4 is 5.73 Å². The van der Waals surface area contributed by atoms with E-state index < -0.39 is 11.6 Å². The molecule has 1 atom stereocenters. The van der Waals surface area contributed by atoms with Crippen molar-refractivity contribution in [2.24, 2.45) is 5.73 Å². The molecule has 2 N–H and O–H groups in total. The van der Waals surface area contributed by atoms with Crippen molar-refractivity contribution in [1.82, 2.24) is 14.7 Å². The molecule has 8 heteroatoms. The molecule has 1 aliphatic rings. The van der Waals surface area contributed by atoms with E-state index in [1.165, 1.54) is 28.9 Å². The number of benzene rings is 2. The Balaban J connectivity index is 1.83. The Kier molecular flexibility index (Phi) is 6.25. The van der Waals surface area contributed by atoms with Crippen LogP contribution in [0.2, 0.25) is 0 Å². The quantitative estimate of drug-likeness (QED) is 0.640. The van der Waals surface area contributed by atoms with Crippen LogP contribution in [0.5, 0.6) is 0 Å². The maximum atomic E-state index is 15.1. The first-order valence-corrected chi connectivity index (χ1v) is 10.9. The molecule has 1 saturated heterocycles. The van der Waals surface area contributed by atoms with Gasteiger partial charge < -0.3 is 10.6 Å². The summed E-state index contributed by atoms with van der Waals surface area (Å²) < 4.78 is 30.8. The number of amides is 1. The molecule has 2 heterocycles. The zero-order valence-corrected chi connectivity index (χ0v) is 18.6. The summed E-state index contributed by atoms with van der Waals surface area (Å²) in [6.07, 6.45) is 1.65. The molecule has 33 heavy (non-hydrogen) atoms. The molecule has 6 nitrogen and oxygen atoms in total. The largest absolute Gasteiger partial charge is 0.336 e. The van der Waals surface area contributed by atoms with Gasteiger partial charge in [0.1, 0.15) is 23.4 Å². The maximum absolute atomic E-state index is 15.1. The first-order valence-electron chi connectivity index (χ1n) is 10.9. The Morgan fingerprint density at radius 3 is 2.61 bits per heavy atom. The number of rotatable bonds is 4. The second kappa shape index (κ2) is 9.12. The van der Waals surface area contributed by atoms with Crippen LogP contribution in [0.25, 0.3) is 16.9 Å². The van der Waals surface area contributed by atoms with Crippen LogP contribution in [0.4, 0.5) is 8.78 Å². The van der Waals surface area contributed by atoms with E-state index in [1.807, 2.05) is 13.8 Å². The average Bonchev–Trinajstić information content (AvgIpc) is 3.23. The van der Waals surface area contributed by atoms with Crippen molar-refractivity contribution < 1.29 is 13.6 Å². The van der Waals surface area contributed by atoms with Crippen LogP contribution in [0, 0.1) is 23.0 Å². The zero-order valence-electron chi connectivity index (χ0n) is 18.6. The lowest BCUT2D eigenvalue weighted by atomic mass is 10.0. The smallest absolute Gasteiger partial charge is 0.274 e. The van der Waals surface area contributed by atoms with Crippen molar-refractivity contribution in [2.75, 3.05) is 13.1 Å². The van der Waals surface area contributed by atoms with E-state index >= 15 is 4.39 Å². The first kappa shape index (κ1) is 22.6. The molecule has 0 spiro atoms. The number of aromatic nitrogens is 2. The van der Waals surface area contributed by atoms with E-state index in [4.69, 9.17) is 11.0 Å². The lowest BCUT2D eigenvalue weighted by molar-refractivity contribution is 0.0702. The Morgan fingerprint density at radius 1 is 1.18 bits per heavy atom. The third-order valence-electron chi connectivity index (χ3n) is 5.93. The van der Waals surface area contributed by atoms with Crippen molar-refractivity contribution in [2.45, 2.75) is 38.6 Å². The minimum Gasteiger partial charge on any atom is -0.336 e. The molecule has 4 rings (SSSR count). The minimum absolute atomic E-state index is 0.0992. The highest BCUT2D eigenvalue weighted by Crippen LogP contribution is 2.29. The van der Waals surface area contributed by atoms with Gasteiger partial charge in [0.2, 0.25) is 0 Å². The van der Waals surface area contributed by atoms with Gasteiger partial charge in [0.05, 0.1) is 11.3 Å². The first-order chi connectivity index (χ1) is 15.8. The number of nitrogens with zero attached hydrogens (tertiary/aromatic N) is 4. The van der Waals surface area contributed by atoms with Crippen LogP contribution in [0.3, 0.4) is 0 Å². The molecule has 3 aromatic rings. The minimum atomic E-state index is -0.701. The number of likely N-dealkylation sites (tertiary alicyclic amines) is 1.